The summed E-state index contributed by atoms with van der Waals surface area (Å²) in [5.41, 5.74) is 0.759. The third kappa shape index (κ3) is 5.80. The molecule has 0 bridgehead atoms. The van der Waals surface area contributed by atoms with E-state index in [1.54, 1.807) is 43.3 Å². The van der Waals surface area contributed by atoms with Crippen LogP contribution in [0.1, 0.15) is 24.9 Å². The van der Waals surface area contributed by atoms with Crippen LogP contribution < -0.4 is 10.1 Å². The topological polar surface area (TPSA) is 64.6 Å². The maximum absolute atomic E-state index is 12.5. The third-order valence-electron chi connectivity index (χ3n) is 3.61. The summed E-state index contributed by atoms with van der Waals surface area (Å²) < 4.78 is 10.3. The molecule has 2 atom stereocenters. The minimum absolute atomic E-state index is 0.0158. The lowest BCUT2D eigenvalue weighted by Crippen LogP contribution is -2.39. The van der Waals surface area contributed by atoms with Crippen molar-refractivity contribution in [3.8, 4) is 5.75 Å². The molecule has 1 amide bonds. The van der Waals surface area contributed by atoms with Gasteiger partial charge < -0.3 is 14.8 Å². The van der Waals surface area contributed by atoms with Gasteiger partial charge in [0.05, 0.1) is 19.6 Å². The molecule has 0 aliphatic rings. The number of para-hydroxylation sites is 1. The van der Waals surface area contributed by atoms with Crippen molar-refractivity contribution >= 4 is 23.5 Å². The Morgan fingerprint density at radius 1 is 1.08 bits per heavy atom. The van der Waals surface area contributed by atoms with Gasteiger partial charge in [0.15, 0.2) is 6.10 Å². The van der Waals surface area contributed by atoms with Crippen molar-refractivity contribution in [3.63, 3.8) is 0 Å². The van der Waals surface area contributed by atoms with Crippen LogP contribution in [0.4, 0.5) is 0 Å². The number of nitrogens with one attached hydrogen (secondary N) is 1. The van der Waals surface area contributed by atoms with Crippen LogP contribution in [-0.2, 0) is 14.3 Å². The number of hydrogen-bond acceptors (Lipinski definition) is 4. The molecule has 2 aromatic rings. The predicted molar refractivity (Wildman–Crippen MR) is 95.5 cm³/mol. The summed E-state index contributed by atoms with van der Waals surface area (Å²) in [6.07, 6.45) is -0.697. The van der Waals surface area contributed by atoms with Gasteiger partial charge in [-0.15, -0.1) is 0 Å². The second kappa shape index (κ2) is 9.08. The molecule has 5 nitrogen and oxygen atoms in total. The van der Waals surface area contributed by atoms with Crippen LogP contribution in [0, 0.1) is 0 Å². The van der Waals surface area contributed by atoms with Crippen LogP contribution in [0.3, 0.4) is 0 Å². The number of carbonyl (C=O) groups excluding carboxylic acids is 2. The quantitative estimate of drug-likeness (QED) is 0.766. The van der Waals surface area contributed by atoms with Crippen molar-refractivity contribution < 1.29 is 19.1 Å². The van der Waals surface area contributed by atoms with E-state index in [2.05, 4.69) is 5.32 Å². The zero-order chi connectivity index (χ0) is 18.2. The van der Waals surface area contributed by atoms with E-state index in [1.165, 1.54) is 7.11 Å². The molecular formula is C19H20ClNO4. The second-order valence-corrected chi connectivity index (χ2v) is 5.90. The van der Waals surface area contributed by atoms with E-state index in [-0.39, 0.29) is 12.3 Å². The van der Waals surface area contributed by atoms with Crippen molar-refractivity contribution in [2.75, 3.05) is 7.11 Å². The van der Waals surface area contributed by atoms with Crippen molar-refractivity contribution in [1.82, 2.24) is 5.32 Å². The monoisotopic (exact) mass is 361 g/mol. The standard InChI is InChI=1S/C19H20ClNO4/c1-13(25-16-6-4-3-5-7-16)19(23)21-17(12-18(22)24-2)14-8-10-15(20)11-9-14/h3-11,13,17H,12H2,1-2H3,(H,21,23). The number of amides is 1. The lowest BCUT2D eigenvalue weighted by Gasteiger charge is -2.21. The van der Waals surface area contributed by atoms with Crippen LogP contribution in [-0.4, -0.2) is 25.1 Å². The molecule has 0 saturated carbocycles. The lowest BCUT2D eigenvalue weighted by atomic mass is 10.0. The smallest absolute Gasteiger partial charge is 0.307 e. The van der Waals surface area contributed by atoms with E-state index in [0.29, 0.717) is 10.8 Å². The highest BCUT2D eigenvalue weighted by atomic mass is 35.5. The summed E-state index contributed by atoms with van der Waals surface area (Å²) in [4.78, 5) is 24.1. The summed E-state index contributed by atoms with van der Waals surface area (Å²) in [6.45, 7) is 1.65. The zero-order valence-electron chi connectivity index (χ0n) is 14.1. The minimum atomic E-state index is -0.713. The van der Waals surface area contributed by atoms with Gasteiger partial charge in [0, 0.05) is 5.02 Å². The summed E-state index contributed by atoms with van der Waals surface area (Å²) in [5.74, 6) is -0.147. The SMILES string of the molecule is COC(=O)CC(NC(=O)C(C)Oc1ccccc1)c1ccc(Cl)cc1. The fourth-order valence-corrected chi connectivity index (χ4v) is 2.37. The van der Waals surface area contributed by atoms with E-state index < -0.39 is 18.1 Å². The van der Waals surface area contributed by atoms with Gasteiger partial charge in [-0.2, -0.15) is 0 Å². The van der Waals surface area contributed by atoms with Crippen LogP contribution in [0.2, 0.25) is 5.02 Å². The zero-order valence-corrected chi connectivity index (χ0v) is 14.8. The van der Waals surface area contributed by atoms with Gasteiger partial charge in [-0.05, 0) is 36.8 Å². The Hall–Kier alpha value is -2.53. The molecule has 0 aliphatic heterocycles. The van der Waals surface area contributed by atoms with Gasteiger partial charge in [0.2, 0.25) is 0 Å². The molecule has 0 spiro atoms. The molecule has 2 rings (SSSR count). The van der Waals surface area contributed by atoms with E-state index in [1.807, 2.05) is 18.2 Å². The van der Waals surface area contributed by atoms with Gasteiger partial charge >= 0.3 is 5.97 Å². The molecule has 0 aromatic heterocycles. The number of ether oxygens (including phenoxy) is 2. The number of benzene rings is 2. The Balaban J connectivity index is 2.07. The van der Waals surface area contributed by atoms with E-state index in [9.17, 15) is 9.59 Å². The average Bonchev–Trinajstić information content (AvgIpc) is 2.62. The van der Waals surface area contributed by atoms with Crippen molar-refractivity contribution in [1.29, 1.82) is 0 Å². The third-order valence-corrected chi connectivity index (χ3v) is 3.86. The lowest BCUT2D eigenvalue weighted by molar-refractivity contribution is -0.141. The number of halogens is 1. The summed E-state index contributed by atoms with van der Waals surface area (Å²) in [7, 11) is 1.31. The molecule has 132 valence electrons. The first kappa shape index (κ1) is 18.8. The average molecular weight is 362 g/mol. The van der Waals surface area contributed by atoms with Gasteiger partial charge in [0.1, 0.15) is 5.75 Å². The maximum Gasteiger partial charge on any atom is 0.307 e. The van der Waals surface area contributed by atoms with Gasteiger partial charge in [-0.25, -0.2) is 0 Å². The van der Waals surface area contributed by atoms with Crippen LogP contribution in [0.25, 0.3) is 0 Å². The molecule has 6 heteroatoms. The number of rotatable bonds is 7. The van der Waals surface area contributed by atoms with Crippen molar-refractivity contribution in [2.24, 2.45) is 0 Å². The van der Waals surface area contributed by atoms with Gasteiger partial charge in [0.25, 0.3) is 5.91 Å². The van der Waals surface area contributed by atoms with Gasteiger partial charge in [-0.3, -0.25) is 9.59 Å². The minimum Gasteiger partial charge on any atom is -0.481 e. The van der Waals surface area contributed by atoms with Crippen LogP contribution in [0.5, 0.6) is 5.75 Å². The van der Waals surface area contributed by atoms with E-state index >= 15 is 0 Å². The normalized spacial score (nSPS) is 12.8. The van der Waals surface area contributed by atoms with Crippen LogP contribution >= 0.6 is 11.6 Å². The van der Waals surface area contributed by atoms with Crippen molar-refractivity contribution in [3.05, 3.63) is 65.2 Å². The number of esters is 1. The first-order chi connectivity index (χ1) is 12.0. The first-order valence-corrected chi connectivity index (χ1v) is 8.21. The molecule has 0 aliphatic carbocycles. The van der Waals surface area contributed by atoms with Crippen molar-refractivity contribution in [2.45, 2.75) is 25.5 Å². The molecule has 2 aromatic carbocycles. The molecule has 25 heavy (non-hydrogen) atoms. The molecule has 2 unspecified atom stereocenters. The molecule has 0 fully saturated rings. The molecule has 0 saturated heterocycles. The fourth-order valence-electron chi connectivity index (χ4n) is 2.24. The van der Waals surface area contributed by atoms with Gasteiger partial charge in [-0.1, -0.05) is 41.9 Å². The Morgan fingerprint density at radius 2 is 1.72 bits per heavy atom. The number of methoxy groups -OCH3 is 1. The fraction of sp³-hybridized carbons (Fsp3) is 0.263. The predicted octanol–water partition coefficient (Wildman–Crippen LogP) is 3.53. The molecule has 0 heterocycles. The van der Waals surface area contributed by atoms with Crippen LogP contribution in [0.15, 0.2) is 54.6 Å². The Morgan fingerprint density at radius 3 is 2.32 bits per heavy atom. The number of carbonyl (C=O) groups is 2. The molecule has 1 N–H and O–H groups in total. The summed E-state index contributed by atoms with van der Waals surface area (Å²) in [6, 6.07) is 15.5. The summed E-state index contributed by atoms with van der Waals surface area (Å²) in [5, 5.41) is 3.41. The highest BCUT2D eigenvalue weighted by Crippen LogP contribution is 2.20. The largest absolute Gasteiger partial charge is 0.481 e. The number of hydrogen-bond donors (Lipinski definition) is 1. The Bertz CT molecular complexity index is 703. The second-order valence-electron chi connectivity index (χ2n) is 5.47. The highest BCUT2D eigenvalue weighted by Gasteiger charge is 2.23. The molecule has 0 radical (unpaired) electrons. The Kier molecular flexibility index (Phi) is 6.83. The molecular weight excluding hydrogens is 342 g/mol. The van der Waals surface area contributed by atoms with E-state index in [4.69, 9.17) is 21.1 Å². The summed E-state index contributed by atoms with van der Waals surface area (Å²) >= 11 is 5.90. The maximum atomic E-state index is 12.5. The first-order valence-electron chi connectivity index (χ1n) is 7.84. The Labute approximate surface area is 151 Å². The highest BCUT2D eigenvalue weighted by molar-refractivity contribution is 6.30. The van der Waals surface area contributed by atoms with E-state index in [0.717, 1.165) is 5.56 Å².